The third kappa shape index (κ3) is 5.21. The molecule has 0 bridgehead atoms. The second-order valence-corrected chi connectivity index (χ2v) is 5.83. The van der Waals surface area contributed by atoms with Crippen LogP contribution in [0.4, 0.5) is 13.2 Å². The van der Waals surface area contributed by atoms with Crippen LogP contribution in [0.3, 0.4) is 0 Å². The second kappa shape index (κ2) is 8.36. The molecule has 7 heteroatoms. The topological polar surface area (TPSA) is 38.3 Å². The van der Waals surface area contributed by atoms with Gasteiger partial charge in [0.1, 0.15) is 12.1 Å². The van der Waals surface area contributed by atoms with E-state index in [4.69, 9.17) is 11.6 Å². The van der Waals surface area contributed by atoms with E-state index >= 15 is 0 Å². The summed E-state index contributed by atoms with van der Waals surface area (Å²) in [5.41, 5.74) is 0.573. The summed E-state index contributed by atoms with van der Waals surface area (Å²) in [4.78, 5) is 12.0. The molecule has 0 saturated heterocycles. The van der Waals surface area contributed by atoms with Gasteiger partial charge in [-0.2, -0.15) is 13.2 Å². The summed E-state index contributed by atoms with van der Waals surface area (Å²) in [6, 6.07) is 10.8. The molecule has 0 aliphatic rings. The molecule has 0 radical (unpaired) electrons. The van der Waals surface area contributed by atoms with Crippen molar-refractivity contribution in [2.24, 2.45) is 0 Å². The molecule has 0 aliphatic carbocycles. The molecular formula is C18H17ClF3NO2. The zero-order chi connectivity index (χ0) is 18.4. The van der Waals surface area contributed by atoms with Crippen LogP contribution < -0.4 is 5.32 Å². The van der Waals surface area contributed by atoms with Gasteiger partial charge in [-0.25, -0.2) is 0 Å². The van der Waals surface area contributed by atoms with Crippen LogP contribution in [0.5, 0.6) is 0 Å². The Morgan fingerprint density at radius 3 is 2.28 bits per heavy atom. The Morgan fingerprint density at radius 2 is 1.72 bits per heavy atom. The fourth-order valence-electron chi connectivity index (χ4n) is 2.46. The molecule has 2 rings (SSSR count). The van der Waals surface area contributed by atoms with Crippen molar-refractivity contribution in [3.63, 3.8) is 0 Å². The summed E-state index contributed by atoms with van der Waals surface area (Å²) in [5.74, 6) is -0.787. The van der Waals surface area contributed by atoms with Gasteiger partial charge in [-0.15, -0.1) is 0 Å². The Balaban J connectivity index is 2.30. The maximum absolute atomic E-state index is 13.5. The highest BCUT2D eigenvalue weighted by atomic mass is 35.5. The number of rotatable bonds is 6. The lowest BCUT2D eigenvalue weighted by atomic mass is 10.0. The van der Waals surface area contributed by atoms with Crippen LogP contribution in [-0.2, 0) is 16.0 Å². The van der Waals surface area contributed by atoms with Crippen LogP contribution in [0.1, 0.15) is 17.2 Å². The molecule has 0 amide bonds. The number of carbonyl (C=O) groups excluding carboxylic acids is 1. The van der Waals surface area contributed by atoms with Gasteiger partial charge >= 0.3 is 12.1 Å². The molecule has 0 aromatic heterocycles. The monoisotopic (exact) mass is 371 g/mol. The Labute approximate surface area is 148 Å². The maximum Gasteiger partial charge on any atom is 0.407 e. The van der Waals surface area contributed by atoms with Crippen LogP contribution in [0.15, 0.2) is 54.6 Å². The summed E-state index contributed by atoms with van der Waals surface area (Å²) in [6.45, 7) is 0. The van der Waals surface area contributed by atoms with Crippen molar-refractivity contribution in [2.45, 2.75) is 24.7 Å². The Bertz CT molecular complexity index is 707. The van der Waals surface area contributed by atoms with Gasteiger partial charge in [0.15, 0.2) is 0 Å². The minimum absolute atomic E-state index is 0.0167. The van der Waals surface area contributed by atoms with Crippen molar-refractivity contribution in [2.75, 3.05) is 7.11 Å². The van der Waals surface area contributed by atoms with Crippen molar-refractivity contribution < 1.29 is 22.7 Å². The summed E-state index contributed by atoms with van der Waals surface area (Å²) in [6.07, 6.45) is -4.60. The average Bonchev–Trinajstić information content (AvgIpc) is 2.59. The van der Waals surface area contributed by atoms with Crippen LogP contribution >= 0.6 is 11.6 Å². The Kier molecular flexibility index (Phi) is 6.45. The highest BCUT2D eigenvalue weighted by molar-refractivity contribution is 6.31. The molecule has 0 saturated carbocycles. The SMILES string of the molecule is COC(=O)C(Cc1ccccc1Cl)N[C@@H](c1ccccc1)C(F)(F)F. The van der Waals surface area contributed by atoms with E-state index in [1.165, 1.54) is 24.3 Å². The zero-order valence-corrected chi connectivity index (χ0v) is 14.1. The van der Waals surface area contributed by atoms with Crippen molar-refractivity contribution >= 4 is 17.6 Å². The number of nitrogens with one attached hydrogen (secondary N) is 1. The zero-order valence-electron chi connectivity index (χ0n) is 13.4. The lowest BCUT2D eigenvalue weighted by molar-refractivity contribution is -0.164. The van der Waals surface area contributed by atoms with Crippen LogP contribution in [0.2, 0.25) is 5.02 Å². The summed E-state index contributed by atoms with van der Waals surface area (Å²) >= 11 is 6.06. The smallest absolute Gasteiger partial charge is 0.407 e. The summed E-state index contributed by atoms with van der Waals surface area (Å²) in [5, 5.41) is 2.75. The Morgan fingerprint density at radius 1 is 1.12 bits per heavy atom. The molecule has 0 spiro atoms. The van der Waals surface area contributed by atoms with Gasteiger partial charge in [-0.3, -0.25) is 10.1 Å². The third-order valence-corrected chi connectivity index (χ3v) is 4.06. The van der Waals surface area contributed by atoms with Gasteiger partial charge in [0, 0.05) is 5.02 Å². The van der Waals surface area contributed by atoms with Crippen molar-refractivity contribution in [3.05, 3.63) is 70.7 Å². The number of benzene rings is 2. The van der Waals surface area contributed by atoms with Gasteiger partial charge in [-0.05, 0) is 23.6 Å². The standard InChI is InChI=1S/C18H17ClF3NO2/c1-25-17(24)15(11-13-9-5-6-10-14(13)19)23-16(18(20,21)22)12-7-3-2-4-8-12/h2-10,15-16,23H,11H2,1H3/t15?,16-/m0/s1. The number of carbonyl (C=O) groups is 1. The number of ether oxygens (including phenoxy) is 1. The first kappa shape index (κ1) is 19.3. The molecule has 2 atom stereocenters. The molecule has 3 nitrogen and oxygen atoms in total. The molecule has 25 heavy (non-hydrogen) atoms. The number of hydrogen-bond acceptors (Lipinski definition) is 3. The maximum atomic E-state index is 13.5. The first-order chi connectivity index (χ1) is 11.8. The van der Waals surface area contributed by atoms with E-state index in [9.17, 15) is 18.0 Å². The predicted molar refractivity (Wildman–Crippen MR) is 89.3 cm³/mol. The minimum atomic E-state index is -4.58. The average molecular weight is 372 g/mol. The fourth-order valence-corrected chi connectivity index (χ4v) is 2.68. The quantitative estimate of drug-likeness (QED) is 0.769. The summed E-state index contributed by atoms with van der Waals surface area (Å²) < 4.78 is 45.2. The first-order valence-electron chi connectivity index (χ1n) is 7.52. The molecule has 1 N–H and O–H groups in total. The van der Waals surface area contributed by atoms with Gasteiger partial charge < -0.3 is 4.74 Å². The number of hydrogen-bond donors (Lipinski definition) is 1. The predicted octanol–water partition coefficient (Wildman–Crippen LogP) is 4.32. The first-order valence-corrected chi connectivity index (χ1v) is 7.89. The summed E-state index contributed by atoms with van der Waals surface area (Å²) in [7, 11) is 1.13. The van der Waals surface area contributed by atoms with E-state index in [1.807, 2.05) is 0 Å². The molecule has 2 aromatic carbocycles. The van der Waals surface area contributed by atoms with Gasteiger partial charge in [0.05, 0.1) is 7.11 Å². The van der Waals surface area contributed by atoms with E-state index < -0.39 is 24.2 Å². The molecule has 0 fully saturated rings. The molecule has 1 unspecified atom stereocenters. The molecule has 0 heterocycles. The van der Waals surface area contributed by atoms with E-state index in [1.54, 1.807) is 30.3 Å². The normalized spacial score (nSPS) is 14.0. The molecule has 134 valence electrons. The largest absolute Gasteiger partial charge is 0.468 e. The van der Waals surface area contributed by atoms with Crippen LogP contribution in [0, 0.1) is 0 Å². The van der Waals surface area contributed by atoms with Crippen molar-refractivity contribution in [1.82, 2.24) is 5.32 Å². The van der Waals surface area contributed by atoms with Gasteiger partial charge in [-0.1, -0.05) is 60.1 Å². The molecular weight excluding hydrogens is 355 g/mol. The lowest BCUT2D eigenvalue weighted by Gasteiger charge is -2.27. The number of alkyl halides is 3. The van der Waals surface area contributed by atoms with Crippen molar-refractivity contribution in [1.29, 1.82) is 0 Å². The third-order valence-electron chi connectivity index (χ3n) is 3.70. The number of methoxy groups -OCH3 is 1. The molecule has 2 aromatic rings. The Hall–Kier alpha value is -2.05. The van der Waals surface area contributed by atoms with Crippen LogP contribution in [-0.4, -0.2) is 25.3 Å². The van der Waals surface area contributed by atoms with Crippen LogP contribution in [0.25, 0.3) is 0 Å². The lowest BCUT2D eigenvalue weighted by Crippen LogP contribution is -2.46. The second-order valence-electron chi connectivity index (χ2n) is 5.42. The number of halogens is 4. The van der Waals surface area contributed by atoms with E-state index in [0.717, 1.165) is 7.11 Å². The molecule has 0 aliphatic heterocycles. The van der Waals surface area contributed by atoms with Gasteiger partial charge in [0.2, 0.25) is 0 Å². The minimum Gasteiger partial charge on any atom is -0.468 e. The van der Waals surface area contributed by atoms with E-state index in [2.05, 4.69) is 10.1 Å². The highest BCUT2D eigenvalue weighted by Gasteiger charge is 2.43. The van der Waals surface area contributed by atoms with Crippen molar-refractivity contribution in [3.8, 4) is 0 Å². The van der Waals surface area contributed by atoms with E-state index in [-0.39, 0.29) is 12.0 Å². The highest BCUT2D eigenvalue weighted by Crippen LogP contribution is 2.33. The van der Waals surface area contributed by atoms with E-state index in [0.29, 0.717) is 10.6 Å². The number of esters is 1. The van der Waals surface area contributed by atoms with Gasteiger partial charge in [0.25, 0.3) is 0 Å². The fraction of sp³-hybridized carbons (Fsp3) is 0.278.